The first-order chi connectivity index (χ1) is 10.3. The van der Waals surface area contributed by atoms with Crippen LogP contribution in [0.1, 0.15) is 53.4 Å². The van der Waals surface area contributed by atoms with Crippen molar-refractivity contribution in [3.05, 3.63) is 0 Å². The molecule has 0 aliphatic carbocycles. The highest BCUT2D eigenvalue weighted by Gasteiger charge is 2.49. The van der Waals surface area contributed by atoms with Crippen LogP contribution in [0.4, 0.5) is 0 Å². The van der Waals surface area contributed by atoms with E-state index in [0.717, 1.165) is 22.6 Å². The maximum Gasteiger partial charge on any atom is 0.410 e. The van der Waals surface area contributed by atoms with Gasteiger partial charge in [0.05, 0.1) is 0 Å². The van der Waals surface area contributed by atoms with Gasteiger partial charge in [-0.2, -0.15) is 0 Å². The number of rotatable bonds is 5. The smallest absolute Gasteiger partial charge is 0.319 e. The van der Waals surface area contributed by atoms with E-state index in [-0.39, 0.29) is 16.1 Å². The zero-order chi connectivity index (χ0) is 16.6. The third-order valence-corrected chi connectivity index (χ3v) is 12.7. The average molecular weight is 343 g/mol. The summed E-state index contributed by atoms with van der Waals surface area (Å²) in [5.41, 5.74) is 3.59. The van der Waals surface area contributed by atoms with Crippen molar-refractivity contribution < 1.29 is 0 Å². The van der Waals surface area contributed by atoms with Crippen LogP contribution in [-0.2, 0) is 0 Å². The Balaban J connectivity index is 2.39. The van der Waals surface area contributed by atoms with Crippen LogP contribution in [0.5, 0.6) is 0 Å². The van der Waals surface area contributed by atoms with Gasteiger partial charge in [-0.15, -0.1) is 0 Å². The van der Waals surface area contributed by atoms with Gasteiger partial charge < -0.3 is 9.62 Å². The van der Waals surface area contributed by atoms with Gasteiger partial charge in [0.25, 0.3) is 0 Å². The standard InChI is InChI=1S/C16H36BN3P2/c1-13-9-10-14(2)21(13)20(17(18(5)6)19(7)8)22-15(3)11-12-16(22)4/h13-16H,9-12H2,1-8H3. The molecule has 0 bridgehead atoms. The van der Waals surface area contributed by atoms with Gasteiger partial charge in [0.1, 0.15) is 0 Å². The van der Waals surface area contributed by atoms with Crippen molar-refractivity contribution >= 4 is 23.3 Å². The predicted molar refractivity (Wildman–Crippen MR) is 105 cm³/mol. The van der Waals surface area contributed by atoms with E-state index in [2.05, 4.69) is 69.9 Å². The Morgan fingerprint density at radius 3 is 1.14 bits per heavy atom. The summed E-state index contributed by atoms with van der Waals surface area (Å²) in [6, 6.07) is 0. The Bertz CT molecular complexity index is 315. The highest BCUT2D eigenvalue weighted by Crippen LogP contribution is 2.71. The van der Waals surface area contributed by atoms with E-state index in [9.17, 15) is 0 Å². The molecule has 2 saturated heterocycles. The van der Waals surface area contributed by atoms with E-state index in [1.165, 1.54) is 25.7 Å². The lowest BCUT2D eigenvalue weighted by Crippen LogP contribution is -2.56. The first-order valence-corrected chi connectivity index (χ1v) is 11.8. The SMILES string of the molecule is CC1CCC(C)P1N(B(N(C)C)N(C)C)P1C(C)CCC1C. The van der Waals surface area contributed by atoms with Crippen molar-refractivity contribution in [3.63, 3.8) is 0 Å². The normalized spacial score (nSPS) is 39.4. The van der Waals surface area contributed by atoms with Gasteiger partial charge in [0, 0.05) is 0 Å². The van der Waals surface area contributed by atoms with E-state index in [1.54, 1.807) is 0 Å². The molecule has 0 amide bonds. The van der Waals surface area contributed by atoms with Crippen LogP contribution in [0.3, 0.4) is 0 Å². The molecule has 4 atom stereocenters. The Labute approximate surface area is 141 Å². The quantitative estimate of drug-likeness (QED) is 0.543. The van der Waals surface area contributed by atoms with Crippen molar-refractivity contribution in [1.82, 2.24) is 14.0 Å². The fourth-order valence-corrected chi connectivity index (χ4v) is 13.8. The molecule has 2 rings (SSSR count). The lowest BCUT2D eigenvalue weighted by Gasteiger charge is -2.48. The second-order valence-corrected chi connectivity index (χ2v) is 14.1. The summed E-state index contributed by atoms with van der Waals surface area (Å²) < 4.78 is 3.05. The van der Waals surface area contributed by atoms with Crippen molar-refractivity contribution in [2.75, 3.05) is 28.2 Å². The zero-order valence-corrected chi connectivity index (χ0v) is 17.7. The third-order valence-electron chi connectivity index (χ3n) is 5.41. The molecular weight excluding hydrogens is 307 g/mol. The molecule has 0 radical (unpaired) electrons. The van der Waals surface area contributed by atoms with E-state index >= 15 is 0 Å². The molecule has 128 valence electrons. The van der Waals surface area contributed by atoms with Gasteiger partial charge in [0.2, 0.25) is 0 Å². The van der Waals surface area contributed by atoms with E-state index in [0.29, 0.717) is 7.12 Å². The van der Waals surface area contributed by atoms with Gasteiger partial charge in [0.15, 0.2) is 0 Å². The lowest BCUT2D eigenvalue weighted by molar-refractivity contribution is 0.485. The molecule has 0 aromatic carbocycles. The monoisotopic (exact) mass is 343 g/mol. The Morgan fingerprint density at radius 2 is 0.909 bits per heavy atom. The molecular formula is C16H36BN3P2. The van der Waals surface area contributed by atoms with Gasteiger partial charge in [-0.25, -0.2) is 0 Å². The van der Waals surface area contributed by atoms with Gasteiger partial charge in [-0.1, -0.05) is 27.7 Å². The number of hydrogen-bond acceptors (Lipinski definition) is 3. The van der Waals surface area contributed by atoms with Crippen LogP contribution in [0.2, 0.25) is 0 Å². The minimum atomic E-state index is -0.0207. The summed E-state index contributed by atoms with van der Waals surface area (Å²) in [5.74, 6) is 0. The molecule has 0 aromatic rings. The Morgan fingerprint density at radius 1 is 0.636 bits per heavy atom. The molecule has 0 saturated carbocycles. The summed E-state index contributed by atoms with van der Waals surface area (Å²) in [6.45, 7) is 10.1. The fourth-order valence-electron chi connectivity index (χ4n) is 4.40. The predicted octanol–water partition coefficient (Wildman–Crippen LogP) is 4.33. The molecule has 4 unspecified atom stereocenters. The van der Waals surface area contributed by atoms with Gasteiger partial charge >= 0.3 is 7.12 Å². The molecule has 2 heterocycles. The second kappa shape index (κ2) is 7.79. The van der Waals surface area contributed by atoms with Crippen molar-refractivity contribution in [3.8, 4) is 0 Å². The minimum absolute atomic E-state index is 0.0207. The van der Waals surface area contributed by atoms with Crippen LogP contribution < -0.4 is 0 Å². The van der Waals surface area contributed by atoms with Crippen LogP contribution in [0, 0.1) is 0 Å². The highest BCUT2D eigenvalue weighted by atomic mass is 31.2. The van der Waals surface area contributed by atoms with Crippen molar-refractivity contribution in [2.45, 2.75) is 76.0 Å². The molecule has 22 heavy (non-hydrogen) atoms. The maximum atomic E-state index is 3.05. The fraction of sp³-hybridized carbons (Fsp3) is 1.00. The highest BCUT2D eigenvalue weighted by molar-refractivity contribution is 7.74. The summed E-state index contributed by atoms with van der Waals surface area (Å²) in [6.07, 6.45) is 5.73. The summed E-state index contributed by atoms with van der Waals surface area (Å²) >= 11 is 0. The first kappa shape index (κ1) is 19.1. The average Bonchev–Trinajstić information content (AvgIpc) is 2.90. The zero-order valence-electron chi connectivity index (χ0n) is 16.0. The molecule has 2 aliphatic rings. The van der Waals surface area contributed by atoms with Crippen LogP contribution in [0.15, 0.2) is 0 Å². The summed E-state index contributed by atoms with van der Waals surface area (Å²) in [5, 5.41) is 0. The summed E-state index contributed by atoms with van der Waals surface area (Å²) in [7, 11) is 9.47. The first-order valence-electron chi connectivity index (χ1n) is 8.94. The van der Waals surface area contributed by atoms with Crippen LogP contribution in [-0.4, -0.2) is 71.9 Å². The topological polar surface area (TPSA) is 9.72 Å². The van der Waals surface area contributed by atoms with E-state index in [1.807, 2.05) is 0 Å². The Kier molecular flexibility index (Phi) is 6.78. The number of hydrogen-bond donors (Lipinski definition) is 0. The molecule has 0 spiro atoms. The minimum Gasteiger partial charge on any atom is -0.319 e. The molecule has 6 heteroatoms. The second-order valence-electron chi connectivity index (χ2n) is 7.90. The maximum absolute atomic E-state index is 3.05. The molecule has 0 N–H and O–H groups in total. The number of nitrogens with zero attached hydrogens (tertiary/aromatic N) is 3. The van der Waals surface area contributed by atoms with Gasteiger partial charge in [-0.05, 0) is 92.7 Å². The van der Waals surface area contributed by atoms with E-state index < -0.39 is 0 Å². The van der Waals surface area contributed by atoms with Crippen molar-refractivity contribution in [2.24, 2.45) is 0 Å². The van der Waals surface area contributed by atoms with Crippen LogP contribution >= 0.6 is 16.1 Å². The largest absolute Gasteiger partial charge is 0.410 e. The summed E-state index contributed by atoms with van der Waals surface area (Å²) in [4.78, 5) is 4.89. The molecule has 3 nitrogen and oxygen atoms in total. The lowest BCUT2D eigenvalue weighted by atomic mass is 9.92. The van der Waals surface area contributed by atoms with Crippen LogP contribution in [0.25, 0.3) is 0 Å². The Hall–Kier alpha value is 0.805. The van der Waals surface area contributed by atoms with Crippen molar-refractivity contribution in [1.29, 1.82) is 0 Å². The van der Waals surface area contributed by atoms with E-state index in [4.69, 9.17) is 0 Å². The molecule has 2 fully saturated rings. The van der Waals surface area contributed by atoms with Gasteiger partial charge in [-0.3, -0.25) is 4.35 Å². The molecule has 2 aliphatic heterocycles. The molecule has 0 aromatic heterocycles. The third kappa shape index (κ3) is 3.73.